The summed E-state index contributed by atoms with van der Waals surface area (Å²) >= 11 is 0. The van der Waals surface area contributed by atoms with Gasteiger partial charge in [0.05, 0.1) is 24.7 Å². The number of alkyl carbamates (subject to hydrolysis) is 1. The summed E-state index contributed by atoms with van der Waals surface area (Å²) < 4.78 is 54.9. The number of hydrogen-bond donors (Lipinski definition) is 1. The molecule has 0 fully saturated rings. The van der Waals surface area contributed by atoms with Crippen molar-refractivity contribution in [2.45, 2.75) is 45.8 Å². The van der Waals surface area contributed by atoms with Gasteiger partial charge in [0.25, 0.3) is 0 Å². The number of aromatic nitrogens is 5. The van der Waals surface area contributed by atoms with Gasteiger partial charge < -0.3 is 18.8 Å². The number of ether oxygens (including phenoxy) is 3. The molecule has 0 saturated heterocycles. The van der Waals surface area contributed by atoms with Gasteiger partial charge in [-0.05, 0) is 62.4 Å². The van der Waals surface area contributed by atoms with Crippen LogP contribution < -0.4 is 14.8 Å². The highest BCUT2D eigenvalue weighted by atomic mass is 19.4. The minimum Gasteiger partial charge on any atom is -0.497 e. The summed E-state index contributed by atoms with van der Waals surface area (Å²) in [5.41, 5.74) is 0.255. The number of amides is 2. The molecule has 0 unspecified atom stereocenters. The van der Waals surface area contributed by atoms with E-state index in [0.29, 0.717) is 22.4 Å². The van der Waals surface area contributed by atoms with Crippen LogP contribution in [0.2, 0.25) is 0 Å². The molecular formula is C26H25F3N6O6. The molecule has 0 aliphatic carbocycles. The van der Waals surface area contributed by atoms with Crippen molar-refractivity contribution in [2.75, 3.05) is 7.11 Å². The predicted octanol–water partition coefficient (Wildman–Crippen LogP) is 3.78. The van der Waals surface area contributed by atoms with Crippen LogP contribution in [0.3, 0.4) is 0 Å². The first kappa shape index (κ1) is 29.0. The van der Waals surface area contributed by atoms with Gasteiger partial charge in [0, 0.05) is 22.7 Å². The van der Waals surface area contributed by atoms with E-state index in [1.807, 2.05) is 5.32 Å². The topological polar surface area (TPSA) is 139 Å². The molecule has 2 aromatic heterocycles. The lowest BCUT2D eigenvalue weighted by Crippen LogP contribution is -2.38. The third kappa shape index (κ3) is 6.80. The van der Waals surface area contributed by atoms with Crippen molar-refractivity contribution in [3.8, 4) is 11.5 Å². The monoisotopic (exact) mass is 574 g/mol. The number of imide groups is 1. The van der Waals surface area contributed by atoms with Gasteiger partial charge in [0.2, 0.25) is 6.41 Å². The molecule has 2 aromatic carbocycles. The summed E-state index contributed by atoms with van der Waals surface area (Å²) in [7, 11) is 1.50. The van der Waals surface area contributed by atoms with E-state index in [-0.39, 0.29) is 42.2 Å². The van der Waals surface area contributed by atoms with Gasteiger partial charge in [0.15, 0.2) is 11.6 Å². The van der Waals surface area contributed by atoms with E-state index in [1.54, 1.807) is 49.6 Å². The normalized spacial score (nSPS) is 11.8. The second kappa shape index (κ2) is 11.3. The molecule has 0 bridgehead atoms. The number of nitrogens with zero attached hydrogens (tertiary/aromatic N) is 5. The fourth-order valence-corrected chi connectivity index (χ4v) is 4.28. The molecule has 0 atom stereocenters. The number of hydrogen-bond acceptors (Lipinski definition) is 9. The van der Waals surface area contributed by atoms with Gasteiger partial charge in [-0.15, -0.1) is 23.4 Å². The van der Waals surface area contributed by atoms with Crippen molar-refractivity contribution in [2.24, 2.45) is 0 Å². The number of methoxy groups -OCH3 is 1. The third-order valence-electron chi connectivity index (χ3n) is 5.97. The smallest absolute Gasteiger partial charge is 0.497 e. The quantitative estimate of drug-likeness (QED) is 0.221. The summed E-state index contributed by atoms with van der Waals surface area (Å²) in [5.74, 6) is -0.0794. The number of nitrogens with one attached hydrogen (secondary N) is 1. The fraction of sp³-hybridized carbons (Fsp3) is 0.308. The van der Waals surface area contributed by atoms with Crippen molar-refractivity contribution in [1.29, 1.82) is 0 Å². The first-order valence-electron chi connectivity index (χ1n) is 12.1. The van der Waals surface area contributed by atoms with Crippen LogP contribution in [0.15, 0.2) is 42.5 Å². The maximum Gasteiger partial charge on any atom is 0.573 e. The van der Waals surface area contributed by atoms with E-state index in [4.69, 9.17) is 9.47 Å². The zero-order valence-corrected chi connectivity index (χ0v) is 22.4. The molecule has 15 heteroatoms. The van der Waals surface area contributed by atoms with Crippen molar-refractivity contribution < 1.29 is 41.8 Å². The van der Waals surface area contributed by atoms with Crippen LogP contribution in [0.25, 0.3) is 10.9 Å². The van der Waals surface area contributed by atoms with Gasteiger partial charge in [-0.25, -0.2) is 4.79 Å². The Bertz CT molecular complexity index is 1590. The number of carbonyl (C=O) groups is 3. The van der Waals surface area contributed by atoms with Crippen LogP contribution in [-0.4, -0.2) is 62.1 Å². The number of fused-ring (bicyclic) bond motifs is 1. The van der Waals surface area contributed by atoms with Crippen LogP contribution >= 0.6 is 0 Å². The van der Waals surface area contributed by atoms with Crippen LogP contribution in [0.4, 0.5) is 18.0 Å². The van der Waals surface area contributed by atoms with Crippen LogP contribution in [0.1, 0.15) is 41.3 Å². The summed E-state index contributed by atoms with van der Waals surface area (Å²) in [6.45, 7) is 4.73. The summed E-state index contributed by atoms with van der Waals surface area (Å²) in [6, 6.07) is 10.2. The molecule has 41 heavy (non-hydrogen) atoms. The Morgan fingerprint density at radius 3 is 2.39 bits per heavy atom. The summed E-state index contributed by atoms with van der Waals surface area (Å²) in [5, 5.41) is 14.5. The fourth-order valence-electron chi connectivity index (χ4n) is 4.28. The molecule has 0 radical (unpaired) electrons. The highest BCUT2D eigenvalue weighted by molar-refractivity contribution is 6.17. The summed E-state index contributed by atoms with van der Waals surface area (Å²) in [4.78, 5) is 36.8. The number of carbonyl (C=O) groups excluding carboxylic acids is 3. The maximum absolute atomic E-state index is 13.6. The Labute approximate surface area is 231 Å². The van der Waals surface area contributed by atoms with Crippen molar-refractivity contribution in [3.05, 3.63) is 65.1 Å². The SMILES string of the molecule is COc1ccc(C(=O)c2c(C)n(Cc3nnn(CC(C)(C)OC(=O)NC=O)n3)c3cc(OC(F)(F)F)ccc23)cc1. The minimum atomic E-state index is -4.91. The Morgan fingerprint density at radius 2 is 1.76 bits per heavy atom. The van der Waals surface area contributed by atoms with Crippen molar-refractivity contribution in [1.82, 2.24) is 30.1 Å². The molecule has 0 spiro atoms. The van der Waals surface area contributed by atoms with Crippen molar-refractivity contribution >= 4 is 29.2 Å². The zero-order chi connectivity index (χ0) is 29.9. The number of halogens is 3. The predicted molar refractivity (Wildman–Crippen MR) is 136 cm³/mol. The van der Waals surface area contributed by atoms with E-state index < -0.39 is 23.8 Å². The molecule has 4 aromatic rings. The number of alkyl halides is 3. The molecular weight excluding hydrogens is 549 g/mol. The standard InChI is InChI=1S/C26H25F3N6O6/c1-15-22(23(37)16-5-7-17(39-4)8-6-16)19-10-9-18(40-26(27,28)29)11-20(19)34(15)12-21-31-33-35(32-21)13-25(2,3)41-24(38)30-14-36/h5-11,14H,12-13H2,1-4H3,(H,30,36,38). The molecule has 1 N–H and O–H groups in total. The molecule has 0 aliphatic rings. The first-order valence-corrected chi connectivity index (χ1v) is 12.1. The molecule has 216 valence electrons. The van der Waals surface area contributed by atoms with Gasteiger partial charge in [0.1, 0.15) is 23.6 Å². The highest BCUT2D eigenvalue weighted by Crippen LogP contribution is 2.33. The van der Waals surface area contributed by atoms with Gasteiger partial charge >= 0.3 is 12.5 Å². The zero-order valence-electron chi connectivity index (χ0n) is 22.4. The van der Waals surface area contributed by atoms with Gasteiger partial charge in [-0.1, -0.05) is 0 Å². The van der Waals surface area contributed by atoms with E-state index >= 15 is 0 Å². The third-order valence-corrected chi connectivity index (χ3v) is 5.97. The van der Waals surface area contributed by atoms with E-state index in [2.05, 4.69) is 20.1 Å². The second-order valence-electron chi connectivity index (χ2n) is 9.48. The van der Waals surface area contributed by atoms with Gasteiger partial charge in [-0.2, -0.15) is 4.80 Å². The average Bonchev–Trinajstić information content (AvgIpc) is 3.43. The molecule has 4 rings (SSSR count). The summed E-state index contributed by atoms with van der Waals surface area (Å²) in [6.07, 6.45) is -5.68. The number of rotatable bonds is 10. The maximum atomic E-state index is 13.6. The Kier molecular flexibility index (Phi) is 7.98. The van der Waals surface area contributed by atoms with Crippen LogP contribution in [0, 0.1) is 6.92 Å². The Hall–Kier alpha value is -4.95. The van der Waals surface area contributed by atoms with E-state index in [9.17, 15) is 27.6 Å². The van der Waals surface area contributed by atoms with Crippen LogP contribution in [0.5, 0.6) is 11.5 Å². The average molecular weight is 575 g/mol. The largest absolute Gasteiger partial charge is 0.573 e. The van der Waals surface area contributed by atoms with E-state index in [0.717, 1.165) is 6.07 Å². The Morgan fingerprint density at radius 1 is 1.07 bits per heavy atom. The number of tetrazole rings is 1. The molecule has 2 amide bonds. The Balaban J connectivity index is 1.71. The van der Waals surface area contributed by atoms with E-state index in [1.165, 1.54) is 24.0 Å². The molecule has 0 aliphatic heterocycles. The van der Waals surface area contributed by atoms with Gasteiger partial charge in [-0.3, -0.25) is 14.9 Å². The molecule has 12 nitrogen and oxygen atoms in total. The first-order chi connectivity index (χ1) is 19.3. The highest BCUT2D eigenvalue weighted by Gasteiger charge is 2.32. The van der Waals surface area contributed by atoms with Crippen molar-refractivity contribution in [3.63, 3.8) is 0 Å². The molecule has 0 saturated carbocycles. The lowest BCUT2D eigenvalue weighted by atomic mass is 10.0. The number of ketones is 1. The minimum absolute atomic E-state index is 0.0253. The lowest BCUT2D eigenvalue weighted by molar-refractivity contribution is -0.274. The lowest BCUT2D eigenvalue weighted by Gasteiger charge is -2.23. The molecule has 2 heterocycles. The van der Waals surface area contributed by atoms with Crippen LogP contribution in [-0.2, 0) is 22.6 Å². The second-order valence-corrected chi connectivity index (χ2v) is 9.48. The number of benzene rings is 2.